The van der Waals surface area contributed by atoms with E-state index < -0.39 is 0 Å². The van der Waals surface area contributed by atoms with Crippen LogP contribution in [0.2, 0.25) is 0 Å². The maximum absolute atomic E-state index is 3.39. The SMILES string of the molecule is CCNCCCCCCN1CCC(C(C)(C)C)C1. The molecule has 0 spiro atoms. The Bertz CT molecular complexity index is 208. The average Bonchev–Trinajstić information content (AvgIpc) is 2.76. The first-order chi connectivity index (χ1) is 8.54. The highest BCUT2D eigenvalue weighted by Crippen LogP contribution is 2.33. The van der Waals surface area contributed by atoms with E-state index in [1.54, 1.807) is 0 Å². The van der Waals surface area contributed by atoms with Crippen LogP contribution in [0.5, 0.6) is 0 Å². The van der Waals surface area contributed by atoms with Crippen LogP contribution in [0, 0.1) is 11.3 Å². The third kappa shape index (κ3) is 6.19. The smallest absolute Gasteiger partial charge is 0.00151 e. The van der Waals surface area contributed by atoms with E-state index in [4.69, 9.17) is 0 Å². The van der Waals surface area contributed by atoms with Crippen LogP contribution >= 0.6 is 0 Å². The molecule has 1 saturated heterocycles. The van der Waals surface area contributed by atoms with Gasteiger partial charge in [0.25, 0.3) is 0 Å². The normalized spacial score (nSPS) is 21.7. The molecule has 1 heterocycles. The maximum atomic E-state index is 3.39. The summed E-state index contributed by atoms with van der Waals surface area (Å²) in [5.41, 5.74) is 0.501. The zero-order valence-corrected chi connectivity index (χ0v) is 13.1. The van der Waals surface area contributed by atoms with Crippen molar-refractivity contribution in [2.24, 2.45) is 11.3 Å². The van der Waals surface area contributed by atoms with Crippen LogP contribution in [0.4, 0.5) is 0 Å². The molecule has 0 amide bonds. The number of nitrogens with one attached hydrogen (secondary N) is 1. The molecular formula is C16H34N2. The second-order valence-electron chi connectivity index (χ2n) is 6.92. The lowest BCUT2D eigenvalue weighted by atomic mass is 9.80. The zero-order valence-electron chi connectivity index (χ0n) is 13.1. The van der Waals surface area contributed by atoms with E-state index in [-0.39, 0.29) is 0 Å². The van der Waals surface area contributed by atoms with Gasteiger partial charge in [0.05, 0.1) is 0 Å². The molecule has 2 nitrogen and oxygen atoms in total. The van der Waals surface area contributed by atoms with Gasteiger partial charge in [-0.2, -0.15) is 0 Å². The highest BCUT2D eigenvalue weighted by Gasteiger charge is 2.31. The topological polar surface area (TPSA) is 15.3 Å². The fraction of sp³-hybridized carbons (Fsp3) is 1.00. The van der Waals surface area contributed by atoms with Crippen molar-refractivity contribution in [1.82, 2.24) is 10.2 Å². The molecule has 0 radical (unpaired) electrons. The Labute approximate surface area is 115 Å². The summed E-state index contributed by atoms with van der Waals surface area (Å²) in [5.74, 6) is 0.909. The summed E-state index contributed by atoms with van der Waals surface area (Å²) in [4.78, 5) is 2.68. The predicted molar refractivity (Wildman–Crippen MR) is 81.0 cm³/mol. The standard InChI is InChI=1S/C16H34N2/c1-5-17-11-8-6-7-9-12-18-13-10-15(14-18)16(2,3)4/h15,17H,5-14H2,1-4H3. The van der Waals surface area contributed by atoms with Crippen LogP contribution in [-0.4, -0.2) is 37.6 Å². The highest BCUT2D eigenvalue weighted by molar-refractivity contribution is 4.83. The van der Waals surface area contributed by atoms with E-state index in [1.165, 1.54) is 58.3 Å². The molecule has 0 aromatic heterocycles. The fourth-order valence-electron chi connectivity index (χ4n) is 2.86. The summed E-state index contributed by atoms with van der Waals surface area (Å²) in [6, 6.07) is 0. The van der Waals surface area contributed by atoms with E-state index in [9.17, 15) is 0 Å². The first-order valence-electron chi connectivity index (χ1n) is 7.97. The molecule has 2 heteroatoms. The maximum Gasteiger partial charge on any atom is 0.00151 e. The largest absolute Gasteiger partial charge is 0.317 e. The quantitative estimate of drug-likeness (QED) is 0.667. The first kappa shape index (κ1) is 16.0. The summed E-state index contributed by atoms with van der Waals surface area (Å²) in [6.45, 7) is 15.7. The molecule has 0 aliphatic carbocycles. The predicted octanol–water partition coefficient (Wildman–Crippen LogP) is 3.52. The van der Waals surface area contributed by atoms with Crippen molar-refractivity contribution in [3.8, 4) is 0 Å². The molecular weight excluding hydrogens is 220 g/mol. The van der Waals surface area contributed by atoms with Gasteiger partial charge in [0.15, 0.2) is 0 Å². The van der Waals surface area contributed by atoms with Crippen molar-refractivity contribution >= 4 is 0 Å². The first-order valence-corrected chi connectivity index (χ1v) is 7.97. The van der Waals surface area contributed by atoms with Crippen molar-refractivity contribution in [1.29, 1.82) is 0 Å². The van der Waals surface area contributed by atoms with Gasteiger partial charge in [-0.05, 0) is 56.8 Å². The van der Waals surface area contributed by atoms with Gasteiger partial charge in [-0.25, -0.2) is 0 Å². The van der Waals surface area contributed by atoms with Gasteiger partial charge in [0.1, 0.15) is 0 Å². The fourth-order valence-corrected chi connectivity index (χ4v) is 2.86. The van der Waals surface area contributed by atoms with Crippen LogP contribution in [-0.2, 0) is 0 Å². The average molecular weight is 254 g/mol. The van der Waals surface area contributed by atoms with Crippen molar-refractivity contribution in [2.45, 2.75) is 59.8 Å². The van der Waals surface area contributed by atoms with Gasteiger partial charge in [-0.1, -0.05) is 40.5 Å². The van der Waals surface area contributed by atoms with E-state index in [0.29, 0.717) is 5.41 Å². The van der Waals surface area contributed by atoms with Crippen molar-refractivity contribution < 1.29 is 0 Å². The molecule has 1 unspecified atom stereocenters. The minimum Gasteiger partial charge on any atom is -0.317 e. The summed E-state index contributed by atoms with van der Waals surface area (Å²) < 4.78 is 0. The van der Waals surface area contributed by atoms with Crippen molar-refractivity contribution in [2.75, 3.05) is 32.7 Å². The lowest BCUT2D eigenvalue weighted by Gasteiger charge is -2.27. The summed E-state index contributed by atoms with van der Waals surface area (Å²) in [5, 5.41) is 3.39. The Balaban J connectivity index is 1.98. The molecule has 1 fully saturated rings. The number of likely N-dealkylation sites (tertiary alicyclic amines) is 1. The minimum absolute atomic E-state index is 0.501. The van der Waals surface area contributed by atoms with Crippen LogP contribution in [0.25, 0.3) is 0 Å². The van der Waals surface area contributed by atoms with Gasteiger partial charge in [0, 0.05) is 6.54 Å². The van der Waals surface area contributed by atoms with E-state index in [2.05, 4.69) is 37.9 Å². The lowest BCUT2D eigenvalue weighted by molar-refractivity contribution is 0.227. The Hall–Kier alpha value is -0.0800. The molecule has 1 aliphatic heterocycles. The molecule has 1 atom stereocenters. The molecule has 108 valence electrons. The monoisotopic (exact) mass is 254 g/mol. The summed E-state index contributed by atoms with van der Waals surface area (Å²) in [7, 11) is 0. The molecule has 18 heavy (non-hydrogen) atoms. The molecule has 1 N–H and O–H groups in total. The van der Waals surface area contributed by atoms with Gasteiger partial charge in [0.2, 0.25) is 0 Å². The van der Waals surface area contributed by atoms with Crippen LogP contribution < -0.4 is 5.32 Å². The summed E-state index contributed by atoms with van der Waals surface area (Å²) >= 11 is 0. The van der Waals surface area contributed by atoms with Crippen molar-refractivity contribution in [3.05, 3.63) is 0 Å². The third-order valence-corrected chi connectivity index (χ3v) is 4.33. The Morgan fingerprint density at radius 3 is 2.44 bits per heavy atom. The summed E-state index contributed by atoms with van der Waals surface area (Å²) in [6.07, 6.45) is 6.94. The number of unbranched alkanes of at least 4 members (excludes halogenated alkanes) is 3. The Morgan fingerprint density at radius 2 is 1.83 bits per heavy atom. The second kappa shape index (κ2) is 8.16. The molecule has 1 rings (SSSR count). The van der Waals surface area contributed by atoms with Crippen LogP contribution in [0.15, 0.2) is 0 Å². The zero-order chi connectivity index (χ0) is 13.4. The molecule has 0 aromatic rings. The van der Waals surface area contributed by atoms with Gasteiger partial charge >= 0.3 is 0 Å². The van der Waals surface area contributed by atoms with Gasteiger partial charge in [-0.3, -0.25) is 0 Å². The second-order valence-corrected chi connectivity index (χ2v) is 6.92. The number of hydrogen-bond acceptors (Lipinski definition) is 2. The Kier molecular flexibility index (Phi) is 7.25. The molecule has 0 saturated carbocycles. The van der Waals surface area contributed by atoms with Gasteiger partial charge in [-0.15, -0.1) is 0 Å². The molecule has 0 bridgehead atoms. The molecule has 0 aromatic carbocycles. The highest BCUT2D eigenvalue weighted by atomic mass is 15.1. The van der Waals surface area contributed by atoms with E-state index in [1.807, 2.05) is 0 Å². The third-order valence-electron chi connectivity index (χ3n) is 4.33. The van der Waals surface area contributed by atoms with E-state index in [0.717, 1.165) is 12.5 Å². The van der Waals surface area contributed by atoms with Gasteiger partial charge < -0.3 is 10.2 Å². The van der Waals surface area contributed by atoms with Crippen LogP contribution in [0.1, 0.15) is 59.8 Å². The number of rotatable bonds is 8. The Morgan fingerprint density at radius 1 is 1.11 bits per heavy atom. The van der Waals surface area contributed by atoms with E-state index >= 15 is 0 Å². The number of nitrogens with zero attached hydrogens (tertiary/aromatic N) is 1. The minimum atomic E-state index is 0.501. The molecule has 1 aliphatic rings. The van der Waals surface area contributed by atoms with Crippen LogP contribution in [0.3, 0.4) is 0 Å². The van der Waals surface area contributed by atoms with Crippen molar-refractivity contribution in [3.63, 3.8) is 0 Å². The number of hydrogen-bond donors (Lipinski definition) is 1. The lowest BCUT2D eigenvalue weighted by Crippen LogP contribution is -2.26.